The summed E-state index contributed by atoms with van der Waals surface area (Å²) in [6.07, 6.45) is -0.610. The van der Waals surface area contributed by atoms with E-state index >= 15 is 0 Å². The van der Waals surface area contributed by atoms with Gasteiger partial charge >= 0.3 is 0 Å². The van der Waals surface area contributed by atoms with Crippen LogP contribution in [0.4, 0.5) is 5.69 Å². The molecule has 0 radical (unpaired) electrons. The Morgan fingerprint density at radius 3 is 2.23 bits per heavy atom. The first-order valence-electron chi connectivity index (χ1n) is 9.00. The minimum absolute atomic E-state index is 0.163. The number of rotatable bonds is 9. The summed E-state index contributed by atoms with van der Waals surface area (Å²) in [5.41, 5.74) is 2.25. The molecule has 1 atom stereocenters. The Hall–Kier alpha value is -2.69. The molecule has 0 bridgehead atoms. The first-order chi connectivity index (χ1) is 12.6. The van der Waals surface area contributed by atoms with E-state index < -0.39 is 6.10 Å². The largest absolute Gasteiger partial charge is 0.493 e. The highest BCUT2D eigenvalue weighted by atomic mass is 16.5. The molecule has 1 amide bonds. The van der Waals surface area contributed by atoms with E-state index in [1.54, 1.807) is 26.2 Å². The first kappa shape index (κ1) is 19.6. The molecular formula is C21H28N2O3. The molecule has 0 fully saturated rings. The smallest absolute Gasteiger partial charge is 0.261 e. The predicted octanol–water partition coefficient (Wildman–Crippen LogP) is 3.63. The standard InChI is InChI=1S/C21H28N2O3/c1-5-23(6-2)18-13-11-17(12-14-18)15-22-21(24)16(3)26-20-10-8-7-9-19(20)25-4/h7-14,16H,5-6,15H2,1-4H3,(H,22,24). The van der Waals surface area contributed by atoms with Crippen molar-refractivity contribution in [2.75, 3.05) is 25.1 Å². The van der Waals surface area contributed by atoms with Crippen LogP contribution >= 0.6 is 0 Å². The Balaban J connectivity index is 1.89. The summed E-state index contributed by atoms with van der Waals surface area (Å²) in [5, 5.41) is 2.91. The molecule has 0 aliphatic rings. The molecule has 2 aromatic rings. The maximum absolute atomic E-state index is 12.3. The number of nitrogens with one attached hydrogen (secondary N) is 1. The quantitative estimate of drug-likeness (QED) is 0.745. The SMILES string of the molecule is CCN(CC)c1ccc(CNC(=O)C(C)Oc2ccccc2OC)cc1. The van der Waals surface area contributed by atoms with Gasteiger partial charge in [0.1, 0.15) is 0 Å². The van der Waals surface area contributed by atoms with E-state index in [4.69, 9.17) is 9.47 Å². The highest BCUT2D eigenvalue weighted by Crippen LogP contribution is 2.26. The predicted molar refractivity (Wildman–Crippen MR) is 105 cm³/mol. The molecular weight excluding hydrogens is 328 g/mol. The molecule has 2 aromatic carbocycles. The number of carbonyl (C=O) groups excluding carboxylic acids is 1. The number of hydrogen-bond acceptors (Lipinski definition) is 4. The molecule has 2 rings (SSSR count). The van der Waals surface area contributed by atoms with E-state index in [0.29, 0.717) is 18.0 Å². The van der Waals surface area contributed by atoms with Gasteiger partial charge < -0.3 is 19.7 Å². The van der Waals surface area contributed by atoms with Crippen molar-refractivity contribution >= 4 is 11.6 Å². The summed E-state index contributed by atoms with van der Waals surface area (Å²) in [4.78, 5) is 14.6. The number of benzene rings is 2. The maximum Gasteiger partial charge on any atom is 0.261 e. The molecule has 0 aliphatic heterocycles. The Kier molecular flexibility index (Phi) is 7.33. The van der Waals surface area contributed by atoms with Gasteiger partial charge in [0.25, 0.3) is 5.91 Å². The average Bonchev–Trinajstić information content (AvgIpc) is 2.68. The average molecular weight is 356 g/mol. The van der Waals surface area contributed by atoms with Gasteiger partial charge in [0.2, 0.25) is 0 Å². The highest BCUT2D eigenvalue weighted by Gasteiger charge is 2.16. The van der Waals surface area contributed by atoms with Crippen molar-refractivity contribution in [1.82, 2.24) is 5.32 Å². The number of ether oxygens (including phenoxy) is 2. The van der Waals surface area contributed by atoms with Gasteiger partial charge in [0.15, 0.2) is 17.6 Å². The van der Waals surface area contributed by atoms with E-state index in [-0.39, 0.29) is 5.91 Å². The molecule has 26 heavy (non-hydrogen) atoms. The van der Waals surface area contributed by atoms with Gasteiger partial charge in [-0.1, -0.05) is 24.3 Å². The lowest BCUT2D eigenvalue weighted by atomic mass is 10.2. The van der Waals surface area contributed by atoms with E-state index in [1.807, 2.05) is 24.3 Å². The number of carbonyl (C=O) groups is 1. The molecule has 0 saturated carbocycles. The van der Waals surface area contributed by atoms with Crippen molar-refractivity contribution < 1.29 is 14.3 Å². The number of amides is 1. The van der Waals surface area contributed by atoms with Crippen LogP contribution in [0.3, 0.4) is 0 Å². The zero-order valence-corrected chi connectivity index (χ0v) is 16.0. The summed E-state index contributed by atoms with van der Waals surface area (Å²) in [7, 11) is 1.58. The van der Waals surface area contributed by atoms with Crippen LogP contribution < -0.4 is 19.7 Å². The molecule has 0 heterocycles. The van der Waals surface area contributed by atoms with Crippen LogP contribution in [-0.2, 0) is 11.3 Å². The monoisotopic (exact) mass is 356 g/mol. The summed E-state index contributed by atoms with van der Waals surface area (Å²) in [6, 6.07) is 15.6. The number of hydrogen-bond donors (Lipinski definition) is 1. The molecule has 140 valence electrons. The fraction of sp³-hybridized carbons (Fsp3) is 0.381. The zero-order valence-electron chi connectivity index (χ0n) is 16.0. The lowest BCUT2D eigenvalue weighted by Crippen LogP contribution is -2.36. The second-order valence-corrected chi connectivity index (χ2v) is 5.97. The maximum atomic E-state index is 12.3. The Bertz CT molecular complexity index is 697. The third kappa shape index (κ3) is 5.15. The Morgan fingerprint density at radius 1 is 1.04 bits per heavy atom. The molecule has 1 N–H and O–H groups in total. The number of nitrogens with zero attached hydrogens (tertiary/aromatic N) is 1. The van der Waals surface area contributed by atoms with Gasteiger partial charge in [-0.3, -0.25) is 4.79 Å². The molecule has 0 spiro atoms. The van der Waals surface area contributed by atoms with E-state index in [2.05, 4.69) is 36.2 Å². The van der Waals surface area contributed by atoms with Gasteiger partial charge in [-0.25, -0.2) is 0 Å². The Morgan fingerprint density at radius 2 is 1.65 bits per heavy atom. The van der Waals surface area contributed by atoms with Crippen molar-refractivity contribution in [3.63, 3.8) is 0 Å². The third-order valence-corrected chi connectivity index (χ3v) is 4.27. The van der Waals surface area contributed by atoms with Gasteiger partial charge in [-0.15, -0.1) is 0 Å². The number of para-hydroxylation sites is 2. The number of methoxy groups -OCH3 is 1. The molecule has 0 saturated heterocycles. The normalized spacial score (nSPS) is 11.5. The van der Waals surface area contributed by atoms with Crippen LogP contribution in [0.25, 0.3) is 0 Å². The lowest BCUT2D eigenvalue weighted by Gasteiger charge is -2.21. The van der Waals surface area contributed by atoms with Gasteiger partial charge in [-0.05, 0) is 50.6 Å². The van der Waals surface area contributed by atoms with Crippen LogP contribution in [0, 0.1) is 0 Å². The van der Waals surface area contributed by atoms with Crippen LogP contribution in [0.2, 0.25) is 0 Å². The van der Waals surface area contributed by atoms with Crippen LogP contribution in [0.1, 0.15) is 26.3 Å². The van der Waals surface area contributed by atoms with Gasteiger partial charge in [-0.2, -0.15) is 0 Å². The fourth-order valence-corrected chi connectivity index (χ4v) is 2.71. The number of anilines is 1. The van der Waals surface area contributed by atoms with Crippen molar-refractivity contribution in [3.8, 4) is 11.5 Å². The van der Waals surface area contributed by atoms with Crippen LogP contribution in [0.5, 0.6) is 11.5 Å². The fourth-order valence-electron chi connectivity index (χ4n) is 2.71. The van der Waals surface area contributed by atoms with E-state index in [0.717, 1.165) is 18.7 Å². The highest BCUT2D eigenvalue weighted by molar-refractivity contribution is 5.80. The van der Waals surface area contributed by atoms with Gasteiger partial charge in [0, 0.05) is 25.3 Å². The zero-order chi connectivity index (χ0) is 18.9. The second kappa shape index (κ2) is 9.70. The first-order valence-corrected chi connectivity index (χ1v) is 9.00. The van der Waals surface area contributed by atoms with Crippen molar-refractivity contribution in [2.45, 2.75) is 33.4 Å². The van der Waals surface area contributed by atoms with Crippen LogP contribution in [0.15, 0.2) is 48.5 Å². The van der Waals surface area contributed by atoms with Crippen molar-refractivity contribution in [3.05, 3.63) is 54.1 Å². The third-order valence-electron chi connectivity index (χ3n) is 4.27. The summed E-state index contributed by atoms with van der Waals surface area (Å²) >= 11 is 0. The van der Waals surface area contributed by atoms with E-state index in [1.165, 1.54) is 5.69 Å². The van der Waals surface area contributed by atoms with Crippen molar-refractivity contribution in [2.24, 2.45) is 0 Å². The Labute approximate surface area is 155 Å². The summed E-state index contributed by atoms with van der Waals surface area (Å²) < 4.78 is 11.0. The second-order valence-electron chi connectivity index (χ2n) is 5.97. The van der Waals surface area contributed by atoms with Gasteiger partial charge in [0.05, 0.1) is 7.11 Å². The lowest BCUT2D eigenvalue weighted by molar-refractivity contribution is -0.127. The van der Waals surface area contributed by atoms with Crippen molar-refractivity contribution in [1.29, 1.82) is 0 Å². The summed E-state index contributed by atoms with van der Waals surface area (Å²) in [6.45, 7) is 8.43. The minimum atomic E-state index is -0.610. The van der Waals surface area contributed by atoms with E-state index in [9.17, 15) is 4.79 Å². The minimum Gasteiger partial charge on any atom is -0.493 e. The molecule has 0 aromatic heterocycles. The molecule has 5 heteroatoms. The summed E-state index contributed by atoms with van der Waals surface area (Å²) in [5.74, 6) is 1.00. The molecule has 1 unspecified atom stereocenters. The molecule has 5 nitrogen and oxygen atoms in total. The topological polar surface area (TPSA) is 50.8 Å². The molecule has 0 aliphatic carbocycles. The van der Waals surface area contributed by atoms with Crippen LogP contribution in [-0.4, -0.2) is 32.2 Å².